The van der Waals surface area contributed by atoms with Gasteiger partial charge in [-0.2, -0.15) is 29.8 Å². The summed E-state index contributed by atoms with van der Waals surface area (Å²) in [5, 5.41) is 3.32. The average Bonchev–Trinajstić information content (AvgIpc) is 2.05. The minimum Gasteiger partial charge on any atom is -0.324 e. The van der Waals surface area contributed by atoms with Crippen molar-refractivity contribution in [3.63, 3.8) is 0 Å². The summed E-state index contributed by atoms with van der Waals surface area (Å²) in [7, 11) is 0. The van der Waals surface area contributed by atoms with E-state index in [9.17, 15) is 0 Å². The van der Waals surface area contributed by atoms with Gasteiger partial charge in [-0.1, -0.05) is 0 Å². The summed E-state index contributed by atoms with van der Waals surface area (Å²) in [5.41, 5.74) is 2.89. The smallest absolute Gasteiger partial charge is 0 e. The zero-order valence-electron chi connectivity index (χ0n) is 6.43. The molecule has 0 saturated heterocycles. The average molecular weight is 221 g/mol. The summed E-state index contributed by atoms with van der Waals surface area (Å²) in [6, 6.07) is 9.30. The second-order valence-electron chi connectivity index (χ2n) is 2.62. The molecule has 0 bridgehead atoms. The Morgan fingerprint density at radius 3 is 3.09 bits per heavy atom. The van der Waals surface area contributed by atoms with Crippen molar-refractivity contribution < 1.29 is 32.7 Å². The second-order valence-corrected chi connectivity index (χ2v) is 2.62. The molecule has 1 aliphatic rings. The van der Waals surface area contributed by atoms with Gasteiger partial charge in [0.15, 0.2) is 0 Å². The van der Waals surface area contributed by atoms with Gasteiger partial charge < -0.3 is 5.32 Å². The molecule has 0 amide bonds. The molecule has 0 aromatic heterocycles. The Morgan fingerprint density at radius 1 is 1.36 bits per heavy atom. The van der Waals surface area contributed by atoms with Gasteiger partial charge in [-0.05, 0) is 19.5 Å². The third kappa shape index (κ3) is 2.11. The van der Waals surface area contributed by atoms with E-state index in [0.717, 1.165) is 13.1 Å². The van der Waals surface area contributed by atoms with E-state index in [1.807, 2.05) is 6.07 Å². The Bertz CT molecular complexity index is 210. The van der Waals surface area contributed by atoms with E-state index in [2.05, 4.69) is 23.5 Å². The summed E-state index contributed by atoms with van der Waals surface area (Å²) in [4.78, 5) is 0. The van der Waals surface area contributed by atoms with Crippen LogP contribution >= 0.6 is 0 Å². The maximum Gasteiger partial charge on any atom is 0 e. The monoisotopic (exact) mass is 221 g/mol. The van der Waals surface area contributed by atoms with E-state index in [1.165, 1.54) is 17.5 Å². The van der Waals surface area contributed by atoms with E-state index < -0.39 is 0 Å². The van der Waals surface area contributed by atoms with Crippen molar-refractivity contribution in [3.8, 4) is 0 Å². The Labute approximate surface area is 92.5 Å². The maximum atomic E-state index is 3.32. The van der Waals surface area contributed by atoms with Crippen LogP contribution in [0.2, 0.25) is 0 Å². The molecule has 1 aromatic rings. The largest absolute Gasteiger partial charge is 0.324 e. The molecule has 11 heavy (non-hydrogen) atoms. The van der Waals surface area contributed by atoms with E-state index in [0.29, 0.717) is 0 Å². The molecular formula is C9H10NY-. The van der Waals surface area contributed by atoms with Crippen LogP contribution in [0.5, 0.6) is 0 Å². The van der Waals surface area contributed by atoms with Crippen LogP contribution in [0.4, 0.5) is 0 Å². The number of nitrogens with one attached hydrogen (secondary N) is 1. The normalized spacial score (nSPS) is 14.9. The fourth-order valence-electron chi connectivity index (χ4n) is 1.35. The van der Waals surface area contributed by atoms with Crippen molar-refractivity contribution in [2.45, 2.75) is 13.0 Å². The predicted octanol–water partition coefficient (Wildman–Crippen LogP) is 1.13. The van der Waals surface area contributed by atoms with Crippen LogP contribution in [0.25, 0.3) is 0 Å². The summed E-state index contributed by atoms with van der Waals surface area (Å²) in [6.07, 6.45) is 1.17. The first-order chi connectivity index (χ1) is 4.97. The van der Waals surface area contributed by atoms with Gasteiger partial charge in [0, 0.05) is 32.7 Å². The number of hydrogen-bond acceptors (Lipinski definition) is 1. The third-order valence-electron chi connectivity index (χ3n) is 1.94. The van der Waals surface area contributed by atoms with Crippen LogP contribution in [-0.2, 0) is 45.7 Å². The number of benzene rings is 1. The van der Waals surface area contributed by atoms with Crippen LogP contribution in [0, 0.1) is 6.07 Å². The van der Waals surface area contributed by atoms with Gasteiger partial charge in [0.2, 0.25) is 0 Å². The molecule has 55 valence electrons. The Morgan fingerprint density at radius 2 is 2.27 bits per heavy atom. The number of hydrogen-bond donors (Lipinski definition) is 1. The zero-order chi connectivity index (χ0) is 6.81. The van der Waals surface area contributed by atoms with E-state index >= 15 is 0 Å². The first-order valence-corrected chi connectivity index (χ1v) is 3.65. The first-order valence-electron chi connectivity index (χ1n) is 3.65. The van der Waals surface area contributed by atoms with Crippen molar-refractivity contribution >= 4 is 0 Å². The third-order valence-corrected chi connectivity index (χ3v) is 1.94. The fraction of sp³-hybridized carbons (Fsp3) is 0.333. The number of fused-ring (bicyclic) bond motifs is 1. The molecule has 1 N–H and O–H groups in total. The van der Waals surface area contributed by atoms with E-state index in [4.69, 9.17) is 0 Å². The van der Waals surface area contributed by atoms with E-state index in [1.54, 1.807) is 0 Å². The molecule has 0 aliphatic carbocycles. The molecule has 0 spiro atoms. The molecule has 0 unspecified atom stereocenters. The molecule has 1 aromatic carbocycles. The molecule has 1 heterocycles. The number of rotatable bonds is 0. The van der Waals surface area contributed by atoms with Crippen LogP contribution in [0.3, 0.4) is 0 Å². The molecular weight excluding hydrogens is 211 g/mol. The Kier molecular flexibility index (Phi) is 3.70. The molecule has 1 radical (unpaired) electrons. The second kappa shape index (κ2) is 4.34. The van der Waals surface area contributed by atoms with Crippen LogP contribution in [0.1, 0.15) is 11.1 Å². The summed E-state index contributed by atoms with van der Waals surface area (Å²) in [5.74, 6) is 0. The van der Waals surface area contributed by atoms with Crippen molar-refractivity contribution in [2.75, 3.05) is 6.54 Å². The van der Waals surface area contributed by atoms with Crippen molar-refractivity contribution in [2.24, 2.45) is 0 Å². The minimum absolute atomic E-state index is 0. The fourth-order valence-corrected chi connectivity index (χ4v) is 1.35. The summed E-state index contributed by atoms with van der Waals surface area (Å²) >= 11 is 0. The van der Waals surface area contributed by atoms with Gasteiger partial charge in [0.1, 0.15) is 0 Å². The van der Waals surface area contributed by atoms with Crippen LogP contribution in [0.15, 0.2) is 18.2 Å². The van der Waals surface area contributed by atoms with Crippen molar-refractivity contribution in [1.82, 2.24) is 5.32 Å². The predicted molar refractivity (Wildman–Crippen MR) is 40.7 cm³/mol. The molecule has 1 nitrogen and oxygen atoms in total. The van der Waals surface area contributed by atoms with E-state index in [-0.39, 0.29) is 32.7 Å². The quantitative estimate of drug-likeness (QED) is 0.647. The molecule has 1 aliphatic heterocycles. The van der Waals surface area contributed by atoms with Crippen LogP contribution < -0.4 is 5.32 Å². The van der Waals surface area contributed by atoms with Crippen LogP contribution in [-0.4, -0.2) is 6.54 Å². The van der Waals surface area contributed by atoms with Gasteiger partial charge >= 0.3 is 0 Å². The van der Waals surface area contributed by atoms with Gasteiger partial charge in [-0.3, -0.25) is 0 Å². The Hall–Kier alpha value is 0.284. The van der Waals surface area contributed by atoms with Crippen molar-refractivity contribution in [1.29, 1.82) is 0 Å². The zero-order valence-corrected chi connectivity index (χ0v) is 9.27. The van der Waals surface area contributed by atoms with Gasteiger partial charge in [-0.25, -0.2) is 0 Å². The summed E-state index contributed by atoms with van der Waals surface area (Å²) < 4.78 is 0. The molecule has 0 fully saturated rings. The maximum absolute atomic E-state index is 3.32. The molecule has 0 atom stereocenters. The molecule has 0 saturated carbocycles. The van der Waals surface area contributed by atoms with Gasteiger partial charge in [0.25, 0.3) is 0 Å². The van der Waals surface area contributed by atoms with Gasteiger partial charge in [0.05, 0.1) is 0 Å². The first kappa shape index (κ1) is 9.37. The topological polar surface area (TPSA) is 12.0 Å². The minimum atomic E-state index is 0. The van der Waals surface area contributed by atoms with Gasteiger partial charge in [-0.15, -0.1) is 5.56 Å². The molecule has 2 rings (SSSR count). The SMILES string of the molecule is [Y].[c-]1ccc2c(c1)CNCC2. The Balaban J connectivity index is 0.000000605. The van der Waals surface area contributed by atoms with Crippen molar-refractivity contribution in [3.05, 3.63) is 35.4 Å². The standard InChI is InChI=1S/C9H10N.Y/c1-2-4-9-7-10-6-5-8(9)3-1;/h1,3-4,10H,5-7H2;/q-1;. The molecule has 2 heteroatoms. The summed E-state index contributed by atoms with van der Waals surface area (Å²) in [6.45, 7) is 2.14.